The number of pyridine rings is 2. The SMILES string of the molecule is Cl.NCc1ccc(-c2nc3c(Cl)c[nH]c(=O)c3cc2-c2ccccc2)cc1. The number of nitrogens with one attached hydrogen (secondary N) is 1. The van der Waals surface area contributed by atoms with Gasteiger partial charge in [0.05, 0.1) is 21.6 Å². The maximum Gasteiger partial charge on any atom is 0.257 e. The highest BCUT2D eigenvalue weighted by Crippen LogP contribution is 2.34. The molecule has 4 nitrogen and oxygen atoms in total. The Balaban J connectivity index is 0.00000210. The Labute approximate surface area is 167 Å². The molecule has 136 valence electrons. The molecule has 6 heteroatoms. The van der Waals surface area contributed by atoms with Gasteiger partial charge in [-0.05, 0) is 17.2 Å². The summed E-state index contributed by atoms with van der Waals surface area (Å²) in [7, 11) is 0. The van der Waals surface area contributed by atoms with E-state index in [9.17, 15) is 4.79 Å². The van der Waals surface area contributed by atoms with Gasteiger partial charge in [-0.2, -0.15) is 0 Å². The van der Waals surface area contributed by atoms with Crippen molar-refractivity contribution < 1.29 is 0 Å². The molecule has 0 fully saturated rings. The van der Waals surface area contributed by atoms with E-state index in [1.54, 1.807) is 0 Å². The van der Waals surface area contributed by atoms with E-state index in [0.29, 0.717) is 22.5 Å². The van der Waals surface area contributed by atoms with Gasteiger partial charge < -0.3 is 10.7 Å². The third-order valence-electron chi connectivity index (χ3n) is 4.37. The lowest BCUT2D eigenvalue weighted by molar-refractivity contribution is 1.07. The first-order valence-electron chi connectivity index (χ1n) is 8.24. The van der Waals surface area contributed by atoms with Crippen molar-refractivity contribution in [3.05, 3.63) is 87.8 Å². The highest BCUT2D eigenvalue weighted by atomic mass is 35.5. The van der Waals surface area contributed by atoms with E-state index >= 15 is 0 Å². The summed E-state index contributed by atoms with van der Waals surface area (Å²) in [5.41, 5.74) is 10.6. The zero-order valence-corrected chi connectivity index (χ0v) is 15.8. The fraction of sp³-hybridized carbons (Fsp3) is 0.0476. The van der Waals surface area contributed by atoms with Crippen molar-refractivity contribution in [3.8, 4) is 22.4 Å². The molecule has 0 aliphatic rings. The Morgan fingerprint density at radius 2 is 1.70 bits per heavy atom. The van der Waals surface area contributed by atoms with Gasteiger partial charge in [-0.25, -0.2) is 4.98 Å². The molecule has 0 saturated heterocycles. The number of hydrogen-bond acceptors (Lipinski definition) is 3. The Bertz CT molecular complexity index is 1140. The molecule has 0 amide bonds. The van der Waals surface area contributed by atoms with Crippen LogP contribution in [0.2, 0.25) is 5.02 Å². The van der Waals surface area contributed by atoms with Gasteiger partial charge in [0, 0.05) is 23.9 Å². The maximum absolute atomic E-state index is 12.3. The van der Waals surface area contributed by atoms with Gasteiger partial charge in [0.1, 0.15) is 0 Å². The second kappa shape index (κ2) is 7.92. The number of aromatic amines is 1. The number of aromatic nitrogens is 2. The van der Waals surface area contributed by atoms with E-state index in [-0.39, 0.29) is 18.0 Å². The standard InChI is InChI=1S/C21H16ClN3O.ClH/c22-18-12-24-21(26)17-10-16(14-4-2-1-3-5-14)19(25-20(17)18)15-8-6-13(11-23)7-9-15;/h1-10,12H,11,23H2,(H,24,26);1H. The fourth-order valence-electron chi connectivity index (χ4n) is 3.00. The predicted molar refractivity (Wildman–Crippen MR) is 113 cm³/mol. The van der Waals surface area contributed by atoms with Crippen LogP contribution in [0, 0.1) is 0 Å². The van der Waals surface area contributed by atoms with Gasteiger partial charge in [-0.15, -0.1) is 12.4 Å². The first-order chi connectivity index (χ1) is 12.7. The van der Waals surface area contributed by atoms with Crippen molar-refractivity contribution in [3.63, 3.8) is 0 Å². The highest BCUT2D eigenvalue weighted by molar-refractivity contribution is 6.34. The molecule has 27 heavy (non-hydrogen) atoms. The summed E-state index contributed by atoms with van der Waals surface area (Å²) in [6, 6.07) is 19.7. The van der Waals surface area contributed by atoms with Crippen LogP contribution in [0.3, 0.4) is 0 Å². The van der Waals surface area contributed by atoms with Crippen molar-refractivity contribution in [1.29, 1.82) is 0 Å². The van der Waals surface area contributed by atoms with Gasteiger partial charge in [-0.3, -0.25) is 4.79 Å². The number of nitrogens with zero attached hydrogens (tertiary/aromatic N) is 1. The van der Waals surface area contributed by atoms with Gasteiger partial charge >= 0.3 is 0 Å². The Morgan fingerprint density at radius 3 is 2.37 bits per heavy atom. The summed E-state index contributed by atoms with van der Waals surface area (Å²) in [5, 5.41) is 0.887. The molecular weight excluding hydrogens is 381 g/mol. The number of halogens is 2. The quantitative estimate of drug-likeness (QED) is 0.521. The molecule has 0 spiro atoms. The van der Waals surface area contributed by atoms with Crippen molar-refractivity contribution in [2.75, 3.05) is 0 Å². The average Bonchev–Trinajstić information content (AvgIpc) is 2.71. The second-order valence-electron chi connectivity index (χ2n) is 6.01. The third kappa shape index (κ3) is 3.60. The van der Waals surface area contributed by atoms with Crippen LogP contribution in [-0.4, -0.2) is 9.97 Å². The van der Waals surface area contributed by atoms with Crippen LogP contribution in [0.1, 0.15) is 5.56 Å². The largest absolute Gasteiger partial charge is 0.327 e. The number of hydrogen-bond donors (Lipinski definition) is 2. The molecule has 0 saturated carbocycles. The van der Waals surface area contributed by atoms with Crippen LogP contribution >= 0.6 is 24.0 Å². The molecule has 2 aromatic carbocycles. The number of H-pyrrole nitrogens is 1. The van der Waals surface area contributed by atoms with Gasteiger partial charge in [-0.1, -0.05) is 66.2 Å². The molecule has 0 bridgehead atoms. The van der Waals surface area contributed by atoms with Crippen LogP contribution in [0.25, 0.3) is 33.3 Å². The van der Waals surface area contributed by atoms with Crippen molar-refractivity contribution in [1.82, 2.24) is 9.97 Å². The molecular formula is C21H17Cl2N3O. The summed E-state index contributed by atoms with van der Waals surface area (Å²) in [4.78, 5) is 19.7. The Kier molecular flexibility index (Phi) is 5.61. The maximum atomic E-state index is 12.3. The topological polar surface area (TPSA) is 71.8 Å². The minimum absolute atomic E-state index is 0. The molecule has 4 rings (SSSR count). The summed E-state index contributed by atoms with van der Waals surface area (Å²) in [6.07, 6.45) is 1.47. The zero-order valence-electron chi connectivity index (χ0n) is 14.3. The fourth-order valence-corrected chi connectivity index (χ4v) is 3.20. The first kappa shape index (κ1) is 19.1. The number of benzene rings is 2. The number of rotatable bonds is 3. The van der Waals surface area contributed by atoms with E-state index < -0.39 is 0 Å². The van der Waals surface area contributed by atoms with E-state index in [2.05, 4.69) is 4.98 Å². The van der Waals surface area contributed by atoms with E-state index in [1.807, 2.05) is 60.7 Å². The first-order valence-corrected chi connectivity index (χ1v) is 8.62. The molecule has 2 aromatic heterocycles. The smallest absolute Gasteiger partial charge is 0.257 e. The minimum Gasteiger partial charge on any atom is -0.327 e. The Hall–Kier alpha value is -2.66. The van der Waals surface area contributed by atoms with E-state index in [0.717, 1.165) is 27.9 Å². The lowest BCUT2D eigenvalue weighted by atomic mass is 9.97. The van der Waals surface area contributed by atoms with Crippen molar-refractivity contribution in [2.45, 2.75) is 6.54 Å². The molecule has 0 unspecified atom stereocenters. The molecule has 0 aliphatic heterocycles. The molecule has 0 atom stereocenters. The summed E-state index contributed by atoms with van der Waals surface area (Å²) in [5.74, 6) is 0. The van der Waals surface area contributed by atoms with Crippen LogP contribution < -0.4 is 11.3 Å². The van der Waals surface area contributed by atoms with E-state index in [1.165, 1.54) is 6.20 Å². The summed E-state index contributed by atoms with van der Waals surface area (Å²) < 4.78 is 0. The predicted octanol–water partition coefficient (Wildman–Crippen LogP) is 4.79. The van der Waals surface area contributed by atoms with Gasteiger partial charge in [0.2, 0.25) is 0 Å². The zero-order chi connectivity index (χ0) is 18.1. The van der Waals surface area contributed by atoms with E-state index in [4.69, 9.17) is 22.3 Å². The van der Waals surface area contributed by atoms with Crippen LogP contribution in [-0.2, 0) is 6.54 Å². The molecule has 2 heterocycles. The summed E-state index contributed by atoms with van der Waals surface area (Å²) >= 11 is 6.29. The van der Waals surface area contributed by atoms with Crippen molar-refractivity contribution in [2.24, 2.45) is 5.73 Å². The molecule has 3 N–H and O–H groups in total. The van der Waals surface area contributed by atoms with Gasteiger partial charge in [0.25, 0.3) is 5.56 Å². The van der Waals surface area contributed by atoms with Crippen LogP contribution in [0.15, 0.2) is 71.7 Å². The number of fused-ring (bicyclic) bond motifs is 1. The van der Waals surface area contributed by atoms with Crippen LogP contribution in [0.5, 0.6) is 0 Å². The van der Waals surface area contributed by atoms with Gasteiger partial charge in [0.15, 0.2) is 0 Å². The highest BCUT2D eigenvalue weighted by Gasteiger charge is 2.14. The monoisotopic (exact) mass is 397 g/mol. The normalized spacial score (nSPS) is 10.6. The molecule has 0 aliphatic carbocycles. The van der Waals surface area contributed by atoms with Crippen molar-refractivity contribution >= 4 is 34.9 Å². The Morgan fingerprint density at radius 1 is 1.00 bits per heavy atom. The molecule has 0 radical (unpaired) electrons. The van der Waals surface area contributed by atoms with Crippen LogP contribution in [0.4, 0.5) is 0 Å². The lowest BCUT2D eigenvalue weighted by Crippen LogP contribution is -2.07. The minimum atomic E-state index is -0.209. The molecule has 4 aromatic rings. The summed E-state index contributed by atoms with van der Waals surface area (Å²) in [6.45, 7) is 0.484. The second-order valence-corrected chi connectivity index (χ2v) is 6.42. The third-order valence-corrected chi connectivity index (χ3v) is 4.66. The lowest BCUT2D eigenvalue weighted by Gasteiger charge is -2.12. The average molecular weight is 398 g/mol. The number of nitrogens with two attached hydrogens (primary N) is 1.